The molecule has 1 aromatic carbocycles. The Bertz CT molecular complexity index is 474. The van der Waals surface area contributed by atoms with Gasteiger partial charge in [-0.1, -0.05) is 30.3 Å². The van der Waals surface area contributed by atoms with Crippen molar-refractivity contribution in [3.8, 4) is 11.3 Å². The van der Waals surface area contributed by atoms with Crippen molar-refractivity contribution in [1.29, 1.82) is 0 Å². The van der Waals surface area contributed by atoms with E-state index in [0.717, 1.165) is 18.7 Å². The average Bonchev–Trinajstić information content (AvgIpc) is 3.02. The first kappa shape index (κ1) is 10.9. The second kappa shape index (κ2) is 4.98. The summed E-state index contributed by atoms with van der Waals surface area (Å²) in [6.07, 6.45) is 3.74. The minimum Gasteiger partial charge on any atom is -0.378 e. The number of ether oxygens (including phenoxy) is 1. The van der Waals surface area contributed by atoms with Crippen molar-refractivity contribution in [3.63, 3.8) is 0 Å². The number of rotatable bonds is 3. The van der Waals surface area contributed by atoms with Crippen LogP contribution in [0.15, 0.2) is 35.7 Å². The van der Waals surface area contributed by atoms with Gasteiger partial charge in [0.15, 0.2) is 0 Å². The highest BCUT2D eigenvalue weighted by Gasteiger charge is 2.17. The van der Waals surface area contributed by atoms with E-state index in [0.29, 0.717) is 6.10 Å². The standard InChI is InChI=1S/C14H15NOS/c1-2-5-11(6-3-1)13-10-17-14(15-13)9-12-7-4-8-16-12/h1-3,5-6,10,12H,4,7-9H2. The number of aromatic nitrogens is 1. The van der Waals surface area contributed by atoms with Crippen LogP contribution in [0.25, 0.3) is 11.3 Å². The van der Waals surface area contributed by atoms with E-state index in [2.05, 4.69) is 34.6 Å². The van der Waals surface area contributed by atoms with E-state index in [1.54, 1.807) is 11.3 Å². The van der Waals surface area contributed by atoms with Crippen LogP contribution in [0.1, 0.15) is 17.8 Å². The second-order valence-corrected chi connectivity index (χ2v) is 5.27. The zero-order chi connectivity index (χ0) is 11.5. The first-order valence-corrected chi connectivity index (χ1v) is 6.91. The molecule has 1 saturated heterocycles. The molecule has 1 aromatic heterocycles. The van der Waals surface area contributed by atoms with Gasteiger partial charge < -0.3 is 4.74 Å². The Hall–Kier alpha value is -1.19. The summed E-state index contributed by atoms with van der Waals surface area (Å²) in [4.78, 5) is 4.68. The molecule has 0 saturated carbocycles. The zero-order valence-corrected chi connectivity index (χ0v) is 10.5. The van der Waals surface area contributed by atoms with Gasteiger partial charge in [0.1, 0.15) is 0 Å². The summed E-state index contributed by atoms with van der Waals surface area (Å²) in [6.45, 7) is 0.918. The average molecular weight is 245 g/mol. The normalized spacial score (nSPS) is 19.6. The molecule has 0 aliphatic carbocycles. The van der Waals surface area contributed by atoms with Gasteiger partial charge in [0.2, 0.25) is 0 Å². The van der Waals surface area contributed by atoms with Gasteiger partial charge in [-0.2, -0.15) is 0 Å². The molecule has 3 heteroatoms. The van der Waals surface area contributed by atoms with Crippen molar-refractivity contribution in [2.75, 3.05) is 6.61 Å². The maximum absolute atomic E-state index is 5.64. The first-order valence-electron chi connectivity index (χ1n) is 6.03. The molecule has 1 unspecified atom stereocenters. The molecule has 3 rings (SSSR count). The maximum Gasteiger partial charge on any atom is 0.0958 e. The number of thiazole rings is 1. The van der Waals surface area contributed by atoms with Crippen LogP contribution in [0.2, 0.25) is 0 Å². The lowest BCUT2D eigenvalue weighted by molar-refractivity contribution is 0.111. The molecule has 1 aliphatic heterocycles. The van der Waals surface area contributed by atoms with Crippen LogP contribution in [-0.2, 0) is 11.2 Å². The van der Waals surface area contributed by atoms with Gasteiger partial charge in [-0.25, -0.2) is 4.98 Å². The highest BCUT2D eigenvalue weighted by Crippen LogP contribution is 2.24. The summed E-state index contributed by atoms with van der Waals surface area (Å²) in [5.74, 6) is 0. The van der Waals surface area contributed by atoms with Gasteiger partial charge in [0, 0.05) is 24.0 Å². The fourth-order valence-corrected chi connectivity index (χ4v) is 3.02. The molecule has 17 heavy (non-hydrogen) atoms. The topological polar surface area (TPSA) is 22.1 Å². The summed E-state index contributed by atoms with van der Waals surface area (Å²) in [5, 5.41) is 3.33. The molecule has 1 atom stereocenters. The Balaban J connectivity index is 1.74. The maximum atomic E-state index is 5.64. The molecule has 0 bridgehead atoms. The van der Waals surface area contributed by atoms with Crippen LogP contribution in [0.4, 0.5) is 0 Å². The predicted octanol–water partition coefficient (Wildman–Crippen LogP) is 3.53. The Kier molecular flexibility index (Phi) is 3.20. The van der Waals surface area contributed by atoms with Gasteiger partial charge in [-0.15, -0.1) is 11.3 Å². The molecular formula is C14H15NOS. The van der Waals surface area contributed by atoms with Crippen molar-refractivity contribution >= 4 is 11.3 Å². The Morgan fingerprint density at radius 1 is 1.29 bits per heavy atom. The molecular weight excluding hydrogens is 230 g/mol. The van der Waals surface area contributed by atoms with E-state index in [9.17, 15) is 0 Å². The molecule has 1 fully saturated rings. The fraction of sp³-hybridized carbons (Fsp3) is 0.357. The predicted molar refractivity (Wildman–Crippen MR) is 70.2 cm³/mol. The van der Waals surface area contributed by atoms with Gasteiger partial charge in [-0.3, -0.25) is 0 Å². The molecule has 0 N–H and O–H groups in total. The number of benzene rings is 1. The molecule has 0 spiro atoms. The fourth-order valence-electron chi connectivity index (χ4n) is 2.15. The highest BCUT2D eigenvalue weighted by molar-refractivity contribution is 7.09. The second-order valence-electron chi connectivity index (χ2n) is 4.33. The third-order valence-corrected chi connectivity index (χ3v) is 3.92. The molecule has 2 heterocycles. The van der Waals surface area contributed by atoms with Crippen molar-refractivity contribution in [3.05, 3.63) is 40.7 Å². The SMILES string of the molecule is c1ccc(-c2csc(CC3CCCO3)n2)cc1. The third-order valence-electron chi connectivity index (χ3n) is 3.05. The minimum absolute atomic E-state index is 0.393. The highest BCUT2D eigenvalue weighted by atomic mass is 32.1. The first-order chi connectivity index (χ1) is 8.42. The van der Waals surface area contributed by atoms with Crippen LogP contribution >= 0.6 is 11.3 Å². The van der Waals surface area contributed by atoms with E-state index in [1.165, 1.54) is 23.4 Å². The molecule has 2 nitrogen and oxygen atoms in total. The molecule has 1 aliphatic rings. The largest absolute Gasteiger partial charge is 0.378 e. The van der Waals surface area contributed by atoms with Crippen molar-refractivity contribution in [1.82, 2.24) is 4.98 Å². The number of hydrogen-bond donors (Lipinski definition) is 0. The zero-order valence-electron chi connectivity index (χ0n) is 9.63. The van der Waals surface area contributed by atoms with E-state index in [4.69, 9.17) is 4.74 Å². The quantitative estimate of drug-likeness (QED) is 0.825. The van der Waals surface area contributed by atoms with Crippen molar-refractivity contribution in [2.45, 2.75) is 25.4 Å². The number of hydrogen-bond acceptors (Lipinski definition) is 3. The van der Waals surface area contributed by atoms with Crippen molar-refractivity contribution < 1.29 is 4.74 Å². The summed E-state index contributed by atoms with van der Waals surface area (Å²) in [7, 11) is 0. The van der Waals surface area contributed by atoms with Crippen LogP contribution in [0.5, 0.6) is 0 Å². The van der Waals surface area contributed by atoms with Gasteiger partial charge in [0.05, 0.1) is 16.8 Å². The number of nitrogens with zero attached hydrogens (tertiary/aromatic N) is 1. The van der Waals surface area contributed by atoms with E-state index >= 15 is 0 Å². The van der Waals surface area contributed by atoms with E-state index < -0.39 is 0 Å². The van der Waals surface area contributed by atoms with Crippen LogP contribution in [0.3, 0.4) is 0 Å². The van der Waals surface area contributed by atoms with Crippen LogP contribution in [0, 0.1) is 0 Å². The van der Waals surface area contributed by atoms with E-state index in [1.807, 2.05) is 6.07 Å². The van der Waals surface area contributed by atoms with Crippen LogP contribution < -0.4 is 0 Å². The van der Waals surface area contributed by atoms with Crippen LogP contribution in [-0.4, -0.2) is 17.7 Å². The molecule has 0 radical (unpaired) electrons. The third kappa shape index (κ3) is 2.56. The monoisotopic (exact) mass is 245 g/mol. The van der Waals surface area contributed by atoms with Gasteiger partial charge >= 0.3 is 0 Å². The summed E-state index contributed by atoms with van der Waals surface area (Å²) < 4.78 is 5.64. The van der Waals surface area contributed by atoms with E-state index in [-0.39, 0.29) is 0 Å². The summed E-state index contributed by atoms with van der Waals surface area (Å²) in [6, 6.07) is 10.3. The Labute approximate surface area is 105 Å². The molecule has 0 amide bonds. The molecule has 88 valence electrons. The smallest absolute Gasteiger partial charge is 0.0958 e. The lowest BCUT2D eigenvalue weighted by Gasteiger charge is -2.05. The Morgan fingerprint density at radius 3 is 2.94 bits per heavy atom. The minimum atomic E-state index is 0.393. The molecule has 2 aromatic rings. The summed E-state index contributed by atoms with van der Waals surface area (Å²) in [5.41, 5.74) is 2.28. The van der Waals surface area contributed by atoms with Gasteiger partial charge in [0.25, 0.3) is 0 Å². The Morgan fingerprint density at radius 2 is 2.18 bits per heavy atom. The lowest BCUT2D eigenvalue weighted by atomic mass is 10.2. The van der Waals surface area contributed by atoms with Gasteiger partial charge in [-0.05, 0) is 12.8 Å². The van der Waals surface area contributed by atoms with Crippen molar-refractivity contribution in [2.24, 2.45) is 0 Å². The summed E-state index contributed by atoms with van der Waals surface area (Å²) >= 11 is 1.74. The lowest BCUT2D eigenvalue weighted by Crippen LogP contribution is -2.08.